The van der Waals surface area contributed by atoms with Crippen LogP contribution in [-0.2, 0) is 14.8 Å². The molecule has 0 saturated heterocycles. The topological polar surface area (TPSA) is 93.4 Å². The second-order valence-electron chi connectivity index (χ2n) is 3.59. The lowest BCUT2D eigenvalue weighted by atomic mass is 10.3. The molecule has 0 radical (unpaired) electrons. The maximum absolute atomic E-state index is 12.0. The number of hydrogen-bond acceptors (Lipinski definition) is 5. The van der Waals surface area contributed by atoms with E-state index in [2.05, 4.69) is 10.1 Å². The fourth-order valence-electron chi connectivity index (χ4n) is 1.42. The lowest BCUT2D eigenvalue weighted by molar-refractivity contribution is 0.146. The Balaban J connectivity index is 2.63. The quantitative estimate of drug-likeness (QED) is 0.368. The Morgan fingerprint density at radius 3 is 2.72 bits per heavy atom. The van der Waals surface area contributed by atoms with Crippen LogP contribution in [0.25, 0.3) is 0 Å². The second kappa shape index (κ2) is 7.32. The molecule has 0 amide bonds. The Labute approximate surface area is 108 Å². The summed E-state index contributed by atoms with van der Waals surface area (Å²) >= 11 is 0. The summed E-state index contributed by atoms with van der Waals surface area (Å²) in [4.78, 5) is 0.143. The van der Waals surface area contributed by atoms with E-state index in [0.29, 0.717) is 31.9 Å². The average Bonchev–Trinajstić information content (AvgIpc) is 2.38. The van der Waals surface area contributed by atoms with Gasteiger partial charge in [-0.05, 0) is 25.5 Å². The number of hydrogen-bond donors (Lipinski definition) is 3. The van der Waals surface area contributed by atoms with Gasteiger partial charge in [0, 0.05) is 19.8 Å². The molecule has 0 spiro atoms. The zero-order valence-electron chi connectivity index (χ0n) is 10.3. The Hall–Kier alpha value is -1.15. The van der Waals surface area contributed by atoms with Gasteiger partial charge in [-0.15, -0.1) is 0 Å². The lowest BCUT2D eigenvalue weighted by Crippen LogP contribution is -2.27. The highest BCUT2D eigenvalue weighted by Crippen LogP contribution is 2.19. The van der Waals surface area contributed by atoms with Gasteiger partial charge in [-0.25, -0.2) is 13.1 Å². The van der Waals surface area contributed by atoms with Gasteiger partial charge < -0.3 is 10.2 Å². The maximum atomic E-state index is 12.0. The number of anilines is 1. The van der Waals surface area contributed by atoms with Crippen LogP contribution in [0.1, 0.15) is 13.3 Å². The Kier molecular flexibility index (Phi) is 6.06. The van der Waals surface area contributed by atoms with Crippen molar-refractivity contribution >= 4 is 15.7 Å². The number of nitrogens with two attached hydrogens (primary N) is 1. The van der Waals surface area contributed by atoms with Gasteiger partial charge in [0.15, 0.2) is 0 Å². The second-order valence-corrected chi connectivity index (χ2v) is 5.32. The third-order valence-corrected chi connectivity index (χ3v) is 3.81. The van der Waals surface area contributed by atoms with Crippen molar-refractivity contribution in [2.75, 3.05) is 25.2 Å². The molecule has 1 aromatic rings. The van der Waals surface area contributed by atoms with Crippen molar-refractivity contribution < 1.29 is 13.2 Å². The Morgan fingerprint density at radius 2 is 2.06 bits per heavy atom. The fraction of sp³-hybridized carbons (Fsp3) is 0.455. The van der Waals surface area contributed by atoms with Crippen molar-refractivity contribution in [2.45, 2.75) is 18.2 Å². The minimum absolute atomic E-state index is 0.143. The molecule has 0 aromatic heterocycles. The first-order valence-electron chi connectivity index (χ1n) is 5.75. The number of para-hydroxylation sites is 1. The molecular formula is C11H19N3O3S. The molecule has 0 heterocycles. The molecule has 7 heteroatoms. The molecule has 0 fully saturated rings. The lowest BCUT2D eigenvalue weighted by Gasteiger charge is -2.10. The molecule has 0 atom stereocenters. The first-order chi connectivity index (χ1) is 8.61. The normalized spacial score (nSPS) is 11.4. The van der Waals surface area contributed by atoms with Crippen LogP contribution >= 0.6 is 0 Å². The van der Waals surface area contributed by atoms with Crippen LogP contribution in [0.4, 0.5) is 5.69 Å². The summed E-state index contributed by atoms with van der Waals surface area (Å²) in [7, 11) is -3.54. The Bertz CT molecular complexity index is 462. The van der Waals surface area contributed by atoms with Crippen LogP contribution in [0.3, 0.4) is 0 Å². The number of ether oxygens (including phenoxy) is 1. The maximum Gasteiger partial charge on any atom is 0.242 e. The van der Waals surface area contributed by atoms with E-state index >= 15 is 0 Å². The van der Waals surface area contributed by atoms with Crippen molar-refractivity contribution in [1.29, 1.82) is 0 Å². The number of benzene rings is 1. The largest absolute Gasteiger partial charge is 0.382 e. The van der Waals surface area contributed by atoms with Crippen LogP contribution in [0, 0.1) is 0 Å². The predicted octanol–water partition coefficient (Wildman–Crippen LogP) is 0.677. The zero-order chi connectivity index (χ0) is 13.4. The molecule has 6 nitrogen and oxygen atoms in total. The third kappa shape index (κ3) is 4.26. The summed E-state index contributed by atoms with van der Waals surface area (Å²) < 4.78 is 31.6. The predicted molar refractivity (Wildman–Crippen MR) is 70.6 cm³/mol. The van der Waals surface area contributed by atoms with Crippen LogP contribution in [0.2, 0.25) is 0 Å². The SMILES string of the molecule is CCOCCCNS(=O)(=O)c1ccccc1NN. The van der Waals surface area contributed by atoms with Crippen LogP contribution in [-0.4, -0.2) is 28.2 Å². The van der Waals surface area contributed by atoms with Gasteiger partial charge >= 0.3 is 0 Å². The molecular weight excluding hydrogens is 254 g/mol. The molecule has 1 rings (SSSR count). The minimum atomic E-state index is -3.54. The van der Waals surface area contributed by atoms with Crippen molar-refractivity contribution in [3.63, 3.8) is 0 Å². The van der Waals surface area contributed by atoms with E-state index in [1.165, 1.54) is 6.07 Å². The summed E-state index contributed by atoms with van der Waals surface area (Å²) in [5.74, 6) is 5.28. The summed E-state index contributed by atoms with van der Waals surface area (Å²) in [5, 5.41) is 0. The smallest absolute Gasteiger partial charge is 0.242 e. The molecule has 0 aliphatic carbocycles. The molecule has 0 unspecified atom stereocenters. The summed E-state index contributed by atoms with van der Waals surface area (Å²) in [5.41, 5.74) is 2.74. The van der Waals surface area contributed by atoms with Gasteiger partial charge in [0.2, 0.25) is 10.0 Å². The first kappa shape index (κ1) is 14.9. The van der Waals surface area contributed by atoms with Gasteiger partial charge in [0.05, 0.1) is 5.69 Å². The minimum Gasteiger partial charge on any atom is -0.382 e. The first-order valence-corrected chi connectivity index (χ1v) is 7.23. The highest BCUT2D eigenvalue weighted by Gasteiger charge is 2.16. The van der Waals surface area contributed by atoms with Crippen molar-refractivity contribution in [3.8, 4) is 0 Å². The average molecular weight is 273 g/mol. The zero-order valence-corrected chi connectivity index (χ0v) is 11.2. The van der Waals surface area contributed by atoms with Gasteiger partial charge in [-0.3, -0.25) is 5.84 Å². The van der Waals surface area contributed by atoms with E-state index < -0.39 is 10.0 Å². The molecule has 18 heavy (non-hydrogen) atoms. The number of nitrogen functional groups attached to an aromatic ring is 1. The monoisotopic (exact) mass is 273 g/mol. The number of hydrazine groups is 1. The molecule has 102 valence electrons. The highest BCUT2D eigenvalue weighted by molar-refractivity contribution is 7.89. The van der Waals surface area contributed by atoms with Gasteiger partial charge in [0.1, 0.15) is 4.90 Å². The van der Waals surface area contributed by atoms with Crippen molar-refractivity contribution in [1.82, 2.24) is 4.72 Å². The van der Waals surface area contributed by atoms with E-state index in [1.807, 2.05) is 6.92 Å². The number of nitrogens with one attached hydrogen (secondary N) is 2. The van der Waals surface area contributed by atoms with Crippen LogP contribution in [0.15, 0.2) is 29.2 Å². The van der Waals surface area contributed by atoms with E-state index in [-0.39, 0.29) is 4.90 Å². The molecule has 4 N–H and O–H groups in total. The number of rotatable bonds is 8. The molecule has 0 aliphatic heterocycles. The van der Waals surface area contributed by atoms with E-state index in [0.717, 1.165) is 0 Å². The van der Waals surface area contributed by atoms with Gasteiger partial charge in [0.25, 0.3) is 0 Å². The van der Waals surface area contributed by atoms with Crippen molar-refractivity contribution in [2.24, 2.45) is 5.84 Å². The molecule has 1 aromatic carbocycles. The van der Waals surface area contributed by atoms with Crippen molar-refractivity contribution in [3.05, 3.63) is 24.3 Å². The van der Waals surface area contributed by atoms with E-state index in [9.17, 15) is 8.42 Å². The fourth-order valence-corrected chi connectivity index (χ4v) is 2.67. The van der Waals surface area contributed by atoms with Crippen LogP contribution in [0.5, 0.6) is 0 Å². The summed E-state index contributed by atoms with van der Waals surface area (Å²) in [6.07, 6.45) is 0.630. The highest BCUT2D eigenvalue weighted by atomic mass is 32.2. The third-order valence-electron chi connectivity index (χ3n) is 2.29. The molecule has 0 aliphatic rings. The summed E-state index contributed by atoms with van der Waals surface area (Å²) in [6.45, 7) is 3.40. The molecule has 0 saturated carbocycles. The Morgan fingerprint density at radius 1 is 1.33 bits per heavy atom. The van der Waals surface area contributed by atoms with Gasteiger partial charge in [-0.1, -0.05) is 12.1 Å². The van der Waals surface area contributed by atoms with Crippen LogP contribution < -0.4 is 16.0 Å². The standard InChI is InChI=1S/C11H19N3O3S/c1-2-17-9-5-8-13-18(15,16)11-7-4-3-6-10(11)14-12/h3-4,6-7,13-14H,2,5,8-9,12H2,1H3. The van der Waals surface area contributed by atoms with E-state index in [4.69, 9.17) is 10.6 Å². The van der Waals surface area contributed by atoms with E-state index in [1.54, 1.807) is 18.2 Å². The van der Waals surface area contributed by atoms with Gasteiger partial charge in [-0.2, -0.15) is 0 Å². The number of sulfonamides is 1. The summed E-state index contributed by atoms with van der Waals surface area (Å²) in [6, 6.07) is 6.47. The molecule has 0 bridgehead atoms.